The van der Waals surface area contributed by atoms with Gasteiger partial charge in [-0.3, -0.25) is 4.79 Å². The predicted octanol–water partition coefficient (Wildman–Crippen LogP) is 4.48. The van der Waals surface area contributed by atoms with Crippen LogP contribution in [0.25, 0.3) is 0 Å². The Hall–Kier alpha value is -1.31. The van der Waals surface area contributed by atoms with Gasteiger partial charge in [-0.2, -0.15) is 0 Å². The van der Waals surface area contributed by atoms with E-state index in [1.807, 2.05) is 6.07 Å². The fourth-order valence-corrected chi connectivity index (χ4v) is 3.66. The highest BCUT2D eigenvalue weighted by molar-refractivity contribution is 5.92. The summed E-state index contributed by atoms with van der Waals surface area (Å²) in [6.07, 6.45) is 6.39. The number of rotatable bonds is 3. The summed E-state index contributed by atoms with van der Waals surface area (Å²) in [5.41, 5.74) is 1.15. The number of benzene rings is 1. The van der Waals surface area contributed by atoms with Crippen LogP contribution in [-0.2, 0) is 4.79 Å². The standard InChI is InChI=1S/C18H24O2/c1-13(2)14-7-6-8-15(11-14)20-17-12-16(19)18(17)9-4-3-5-10-18/h6-8,11,13,17H,3-5,9-10,12H2,1-2H3. The summed E-state index contributed by atoms with van der Waals surface area (Å²) in [5.74, 6) is 1.87. The van der Waals surface area contributed by atoms with Crippen molar-refractivity contribution in [2.75, 3.05) is 0 Å². The fraction of sp³-hybridized carbons (Fsp3) is 0.611. The van der Waals surface area contributed by atoms with Crippen molar-refractivity contribution in [1.82, 2.24) is 0 Å². The number of hydrogen-bond acceptors (Lipinski definition) is 2. The Labute approximate surface area is 121 Å². The van der Waals surface area contributed by atoms with Crippen molar-refractivity contribution in [2.24, 2.45) is 5.41 Å². The highest BCUT2D eigenvalue weighted by atomic mass is 16.5. The molecule has 0 bridgehead atoms. The molecule has 2 nitrogen and oxygen atoms in total. The molecular weight excluding hydrogens is 248 g/mol. The van der Waals surface area contributed by atoms with Gasteiger partial charge in [-0.25, -0.2) is 0 Å². The van der Waals surface area contributed by atoms with Gasteiger partial charge in [-0.1, -0.05) is 45.2 Å². The van der Waals surface area contributed by atoms with Crippen LogP contribution in [0, 0.1) is 5.41 Å². The third-order valence-electron chi connectivity index (χ3n) is 5.09. The molecule has 0 saturated heterocycles. The molecule has 1 spiro atoms. The molecule has 20 heavy (non-hydrogen) atoms. The van der Waals surface area contributed by atoms with E-state index in [2.05, 4.69) is 32.0 Å². The SMILES string of the molecule is CC(C)c1cccc(OC2CC(=O)C23CCCCC3)c1. The summed E-state index contributed by atoms with van der Waals surface area (Å²) in [6, 6.07) is 8.34. The van der Waals surface area contributed by atoms with Crippen molar-refractivity contribution >= 4 is 5.78 Å². The third kappa shape index (κ3) is 2.25. The van der Waals surface area contributed by atoms with Crippen molar-refractivity contribution in [2.45, 2.75) is 64.4 Å². The van der Waals surface area contributed by atoms with E-state index in [-0.39, 0.29) is 11.5 Å². The van der Waals surface area contributed by atoms with E-state index in [0.717, 1.165) is 18.6 Å². The van der Waals surface area contributed by atoms with Crippen molar-refractivity contribution in [1.29, 1.82) is 0 Å². The molecule has 108 valence electrons. The molecule has 2 heteroatoms. The van der Waals surface area contributed by atoms with Crippen LogP contribution in [0.15, 0.2) is 24.3 Å². The predicted molar refractivity (Wildman–Crippen MR) is 80.1 cm³/mol. The van der Waals surface area contributed by atoms with Gasteiger partial charge in [0.1, 0.15) is 17.6 Å². The van der Waals surface area contributed by atoms with Crippen molar-refractivity contribution in [3.05, 3.63) is 29.8 Å². The van der Waals surface area contributed by atoms with Crippen LogP contribution in [0.4, 0.5) is 0 Å². The molecule has 2 saturated carbocycles. The van der Waals surface area contributed by atoms with E-state index in [1.165, 1.54) is 24.8 Å². The van der Waals surface area contributed by atoms with Crippen LogP contribution in [0.3, 0.4) is 0 Å². The minimum absolute atomic E-state index is 0.109. The summed E-state index contributed by atoms with van der Waals surface area (Å²) < 4.78 is 6.18. The maximum Gasteiger partial charge on any atom is 0.146 e. The summed E-state index contributed by atoms with van der Waals surface area (Å²) >= 11 is 0. The molecule has 0 aliphatic heterocycles. The van der Waals surface area contributed by atoms with Crippen LogP contribution in [-0.4, -0.2) is 11.9 Å². The molecule has 2 fully saturated rings. The van der Waals surface area contributed by atoms with Crippen LogP contribution in [0.1, 0.15) is 63.9 Å². The molecule has 2 aliphatic rings. The zero-order valence-electron chi connectivity index (χ0n) is 12.5. The first-order valence-corrected chi connectivity index (χ1v) is 7.92. The zero-order chi connectivity index (χ0) is 14.2. The second kappa shape index (κ2) is 5.23. The van der Waals surface area contributed by atoms with E-state index in [1.54, 1.807) is 0 Å². The Balaban J connectivity index is 1.74. The Morgan fingerprint density at radius 1 is 1.20 bits per heavy atom. The molecule has 0 amide bonds. The van der Waals surface area contributed by atoms with E-state index < -0.39 is 0 Å². The second-order valence-electron chi connectivity index (χ2n) is 6.68. The summed E-state index contributed by atoms with van der Waals surface area (Å²) in [6.45, 7) is 4.38. The quantitative estimate of drug-likeness (QED) is 0.811. The molecular formula is C18H24O2. The lowest BCUT2D eigenvalue weighted by Crippen LogP contribution is -2.57. The second-order valence-corrected chi connectivity index (χ2v) is 6.68. The molecule has 1 atom stereocenters. The van der Waals surface area contributed by atoms with Crippen LogP contribution in [0.5, 0.6) is 5.75 Å². The molecule has 2 aliphatic carbocycles. The molecule has 1 aromatic rings. The van der Waals surface area contributed by atoms with Crippen molar-refractivity contribution in [3.8, 4) is 5.75 Å². The number of carbonyl (C=O) groups is 1. The molecule has 1 aromatic carbocycles. The van der Waals surface area contributed by atoms with Crippen LogP contribution in [0.2, 0.25) is 0 Å². The largest absolute Gasteiger partial charge is 0.489 e. The van der Waals surface area contributed by atoms with Gasteiger partial charge in [-0.15, -0.1) is 0 Å². The minimum atomic E-state index is -0.147. The van der Waals surface area contributed by atoms with Gasteiger partial charge in [0, 0.05) is 6.42 Å². The Kier molecular flexibility index (Phi) is 3.57. The van der Waals surface area contributed by atoms with E-state index in [4.69, 9.17) is 4.74 Å². The van der Waals surface area contributed by atoms with Crippen molar-refractivity contribution < 1.29 is 9.53 Å². The molecule has 0 radical (unpaired) electrons. The fourth-order valence-electron chi connectivity index (χ4n) is 3.66. The normalized spacial score (nSPS) is 24.8. The number of ketones is 1. The van der Waals surface area contributed by atoms with E-state index in [9.17, 15) is 4.79 Å². The van der Waals surface area contributed by atoms with Gasteiger partial charge in [-0.05, 0) is 36.5 Å². The highest BCUT2D eigenvalue weighted by Crippen LogP contribution is 2.50. The number of ether oxygens (including phenoxy) is 1. The maximum atomic E-state index is 12.1. The number of carbonyl (C=O) groups excluding carboxylic acids is 1. The first-order chi connectivity index (χ1) is 9.62. The monoisotopic (exact) mass is 272 g/mol. The average Bonchev–Trinajstić information content (AvgIpc) is 2.48. The summed E-state index contributed by atoms with van der Waals surface area (Å²) in [5, 5.41) is 0. The molecule has 0 aromatic heterocycles. The smallest absolute Gasteiger partial charge is 0.146 e. The van der Waals surface area contributed by atoms with E-state index >= 15 is 0 Å². The molecule has 1 unspecified atom stereocenters. The van der Waals surface area contributed by atoms with Gasteiger partial charge < -0.3 is 4.74 Å². The molecule has 0 N–H and O–H groups in total. The Bertz CT molecular complexity index is 498. The van der Waals surface area contributed by atoms with Gasteiger partial charge in [0.05, 0.1) is 5.41 Å². The lowest BCUT2D eigenvalue weighted by molar-refractivity contribution is -0.156. The Morgan fingerprint density at radius 2 is 1.95 bits per heavy atom. The topological polar surface area (TPSA) is 26.3 Å². The third-order valence-corrected chi connectivity index (χ3v) is 5.09. The lowest BCUT2D eigenvalue weighted by Gasteiger charge is -2.49. The first-order valence-electron chi connectivity index (χ1n) is 7.92. The highest BCUT2D eigenvalue weighted by Gasteiger charge is 2.56. The zero-order valence-corrected chi connectivity index (χ0v) is 12.5. The molecule has 3 rings (SSSR count). The maximum absolute atomic E-state index is 12.1. The average molecular weight is 272 g/mol. The number of hydrogen-bond donors (Lipinski definition) is 0. The minimum Gasteiger partial charge on any atom is -0.489 e. The molecule has 0 heterocycles. The van der Waals surface area contributed by atoms with Gasteiger partial charge in [0.15, 0.2) is 0 Å². The summed E-state index contributed by atoms with van der Waals surface area (Å²) in [4.78, 5) is 12.1. The van der Waals surface area contributed by atoms with Crippen LogP contribution < -0.4 is 4.74 Å². The number of Topliss-reactive ketones (excluding diaryl/α,β-unsaturated/α-hetero) is 1. The van der Waals surface area contributed by atoms with Gasteiger partial charge in [0.25, 0.3) is 0 Å². The van der Waals surface area contributed by atoms with Gasteiger partial charge >= 0.3 is 0 Å². The van der Waals surface area contributed by atoms with E-state index in [0.29, 0.717) is 18.1 Å². The van der Waals surface area contributed by atoms with Crippen LogP contribution >= 0.6 is 0 Å². The summed E-state index contributed by atoms with van der Waals surface area (Å²) in [7, 11) is 0. The lowest BCUT2D eigenvalue weighted by atomic mass is 9.57. The van der Waals surface area contributed by atoms with Crippen molar-refractivity contribution in [3.63, 3.8) is 0 Å². The van der Waals surface area contributed by atoms with Gasteiger partial charge in [0.2, 0.25) is 0 Å². The first kappa shape index (κ1) is 13.7. The Morgan fingerprint density at radius 3 is 2.60 bits per heavy atom.